The normalized spacial score (nSPS) is 23.1. The molecule has 3 atom stereocenters. The van der Waals surface area contributed by atoms with Gasteiger partial charge in [0.15, 0.2) is 0 Å². The third kappa shape index (κ3) is 4.58. The summed E-state index contributed by atoms with van der Waals surface area (Å²) in [6.07, 6.45) is 4.52. The van der Waals surface area contributed by atoms with Gasteiger partial charge in [0.1, 0.15) is 23.1 Å². The van der Waals surface area contributed by atoms with Crippen molar-refractivity contribution in [3.63, 3.8) is 0 Å². The van der Waals surface area contributed by atoms with Crippen LogP contribution < -0.4 is 10.6 Å². The molecule has 2 aromatic heterocycles. The van der Waals surface area contributed by atoms with Gasteiger partial charge in [0.2, 0.25) is 0 Å². The number of piperidine rings is 1. The van der Waals surface area contributed by atoms with Crippen LogP contribution in [-0.4, -0.2) is 45.4 Å². The first-order chi connectivity index (χ1) is 17.2. The lowest BCUT2D eigenvalue weighted by atomic mass is 9.92. The Morgan fingerprint density at radius 1 is 1.06 bits per heavy atom. The lowest BCUT2D eigenvalue weighted by Gasteiger charge is -2.40. The highest BCUT2D eigenvalue weighted by Gasteiger charge is 2.45. The molecule has 3 heterocycles. The fourth-order valence-corrected chi connectivity index (χ4v) is 5.01. The molecular formula is C27H29F3N4O2. The molecule has 0 spiro atoms. The van der Waals surface area contributed by atoms with E-state index in [0.717, 1.165) is 23.4 Å². The second-order valence-corrected chi connectivity index (χ2v) is 9.99. The molecule has 4 N–H and O–H groups in total. The molecule has 0 amide bonds. The molecular weight excluding hydrogens is 469 g/mol. The summed E-state index contributed by atoms with van der Waals surface area (Å²) in [5.74, 6) is -2.75. The Bertz CT molecular complexity index is 1270. The highest BCUT2D eigenvalue weighted by Crippen LogP contribution is 2.48. The molecule has 9 heteroatoms. The average molecular weight is 499 g/mol. The van der Waals surface area contributed by atoms with Gasteiger partial charge in [-0.1, -0.05) is 13.0 Å². The highest BCUT2D eigenvalue weighted by atomic mass is 19.1. The summed E-state index contributed by atoms with van der Waals surface area (Å²) in [5.41, 5.74) is 6.13. The summed E-state index contributed by atoms with van der Waals surface area (Å²) in [6.45, 7) is 3.10. The zero-order chi connectivity index (χ0) is 25.6. The van der Waals surface area contributed by atoms with Gasteiger partial charge < -0.3 is 20.8 Å². The van der Waals surface area contributed by atoms with E-state index in [9.17, 15) is 19.0 Å². The molecule has 190 valence electrons. The number of hydrogen-bond acceptors (Lipinski definition) is 6. The second kappa shape index (κ2) is 9.46. The van der Waals surface area contributed by atoms with Gasteiger partial charge in [0, 0.05) is 54.4 Å². The van der Waals surface area contributed by atoms with Crippen molar-refractivity contribution >= 4 is 5.69 Å². The van der Waals surface area contributed by atoms with Gasteiger partial charge in [-0.05, 0) is 55.5 Å². The van der Waals surface area contributed by atoms with Gasteiger partial charge in [-0.25, -0.2) is 18.2 Å². The second-order valence-electron chi connectivity index (χ2n) is 9.99. The van der Waals surface area contributed by atoms with E-state index in [2.05, 4.69) is 14.9 Å². The number of nitrogens with two attached hydrogens (primary N) is 1. The maximum atomic E-state index is 15.2. The minimum absolute atomic E-state index is 0.00495. The summed E-state index contributed by atoms with van der Waals surface area (Å²) in [6, 6.07) is 6.43. The van der Waals surface area contributed by atoms with Gasteiger partial charge >= 0.3 is 0 Å². The number of aryl methyl sites for hydroxylation is 2. The highest BCUT2D eigenvalue weighted by molar-refractivity contribution is 5.64. The quantitative estimate of drug-likeness (QED) is 0.482. The van der Waals surface area contributed by atoms with Crippen LogP contribution in [0.25, 0.3) is 11.3 Å². The third-order valence-corrected chi connectivity index (χ3v) is 7.29. The van der Waals surface area contributed by atoms with E-state index >= 15 is 4.39 Å². The van der Waals surface area contributed by atoms with Crippen LogP contribution in [0.2, 0.25) is 0 Å². The maximum Gasteiger partial charge on any atom is 0.149 e. The molecule has 0 bridgehead atoms. The molecule has 6 nitrogen and oxygen atoms in total. The van der Waals surface area contributed by atoms with E-state index in [4.69, 9.17) is 5.73 Å². The number of halogens is 3. The van der Waals surface area contributed by atoms with Crippen LogP contribution >= 0.6 is 0 Å². The Kier molecular flexibility index (Phi) is 6.48. The molecule has 1 aromatic carbocycles. The van der Waals surface area contributed by atoms with Crippen LogP contribution in [0.5, 0.6) is 0 Å². The summed E-state index contributed by atoms with van der Waals surface area (Å²) in [4.78, 5) is 10.6. The van der Waals surface area contributed by atoms with Gasteiger partial charge in [-0.3, -0.25) is 4.98 Å². The predicted molar refractivity (Wildman–Crippen MR) is 130 cm³/mol. The van der Waals surface area contributed by atoms with Crippen LogP contribution in [0.3, 0.4) is 0 Å². The van der Waals surface area contributed by atoms with Crippen molar-refractivity contribution in [2.24, 2.45) is 11.7 Å². The van der Waals surface area contributed by atoms with Crippen LogP contribution in [0.1, 0.15) is 36.6 Å². The number of rotatable bonds is 6. The molecule has 2 fully saturated rings. The monoisotopic (exact) mass is 498 g/mol. The van der Waals surface area contributed by atoms with Gasteiger partial charge in [0.25, 0.3) is 0 Å². The first-order valence-electron chi connectivity index (χ1n) is 12.2. The van der Waals surface area contributed by atoms with Crippen molar-refractivity contribution in [2.45, 2.75) is 50.4 Å². The van der Waals surface area contributed by atoms with E-state index in [0.29, 0.717) is 44.5 Å². The lowest BCUT2D eigenvalue weighted by Crippen LogP contribution is -2.55. The fraction of sp³-hybridized carbons (Fsp3) is 0.407. The summed E-state index contributed by atoms with van der Waals surface area (Å²) in [5, 5.41) is 20.6. The summed E-state index contributed by atoms with van der Waals surface area (Å²) < 4.78 is 44.6. The summed E-state index contributed by atoms with van der Waals surface area (Å²) >= 11 is 0. The van der Waals surface area contributed by atoms with E-state index in [1.54, 1.807) is 12.4 Å². The molecule has 5 rings (SSSR count). The zero-order valence-corrected chi connectivity index (χ0v) is 20.0. The molecule has 2 aliphatic rings. The Balaban J connectivity index is 1.41. The predicted octanol–water partition coefficient (Wildman–Crippen LogP) is 3.47. The molecule has 36 heavy (non-hydrogen) atoms. The number of hydrogen-bond donors (Lipinski definition) is 3. The number of benzene rings is 1. The number of aliphatic hydroxyl groups is 2. The standard InChI is InChI=1S/C27H29F3N4O2/c1-15-13-34(14-21(31)26(15)35)22-8-11-32-12-16(22)2-3-17-4-6-20(29)25(33-17)23-19(28)7-5-18(24(23)30)27(36)9-10-27/h4-8,11-12,15,21,26,35-36H,2-3,9-10,13-14,31H2,1H3/t15-,21+,26+/m0/s1. The summed E-state index contributed by atoms with van der Waals surface area (Å²) in [7, 11) is 0. The van der Waals surface area contributed by atoms with E-state index in [-0.39, 0.29) is 17.5 Å². The number of pyridine rings is 2. The number of anilines is 1. The van der Waals surface area contributed by atoms with Crippen molar-refractivity contribution in [1.82, 2.24) is 9.97 Å². The van der Waals surface area contributed by atoms with Crippen LogP contribution in [-0.2, 0) is 18.4 Å². The molecule has 1 saturated carbocycles. The fourth-order valence-electron chi connectivity index (χ4n) is 5.01. The topological polar surface area (TPSA) is 95.5 Å². The third-order valence-electron chi connectivity index (χ3n) is 7.29. The van der Waals surface area contributed by atoms with Crippen molar-refractivity contribution in [3.8, 4) is 11.3 Å². The molecule has 3 aromatic rings. The van der Waals surface area contributed by atoms with Crippen molar-refractivity contribution in [2.75, 3.05) is 18.0 Å². The van der Waals surface area contributed by atoms with E-state index in [1.165, 1.54) is 12.1 Å². The SMILES string of the molecule is C[C@H]1CN(c2ccncc2CCc2ccc(F)c(-c3c(F)ccc(C4(O)CC4)c3F)n2)C[C@@H](N)[C@@H]1O. The van der Waals surface area contributed by atoms with Gasteiger partial charge in [-0.2, -0.15) is 0 Å². The zero-order valence-electron chi connectivity index (χ0n) is 20.0. The first-order valence-corrected chi connectivity index (χ1v) is 12.2. The Morgan fingerprint density at radius 3 is 2.53 bits per heavy atom. The largest absolute Gasteiger partial charge is 0.391 e. The van der Waals surface area contributed by atoms with Crippen molar-refractivity contribution in [1.29, 1.82) is 0 Å². The van der Waals surface area contributed by atoms with Crippen molar-refractivity contribution < 1.29 is 23.4 Å². The maximum absolute atomic E-state index is 15.2. The van der Waals surface area contributed by atoms with E-state index in [1.807, 2.05) is 13.0 Å². The molecule has 0 unspecified atom stereocenters. The Hall–Kier alpha value is -3.01. The van der Waals surface area contributed by atoms with Crippen molar-refractivity contribution in [3.05, 3.63) is 77.0 Å². The smallest absolute Gasteiger partial charge is 0.149 e. The van der Waals surface area contributed by atoms with Gasteiger partial charge in [-0.15, -0.1) is 0 Å². The molecule has 1 aliphatic carbocycles. The molecule has 0 radical (unpaired) electrons. The van der Waals surface area contributed by atoms with Crippen LogP contribution in [0.4, 0.5) is 18.9 Å². The van der Waals surface area contributed by atoms with Gasteiger partial charge in [0.05, 0.1) is 17.3 Å². The Labute approximate surface area is 207 Å². The van der Waals surface area contributed by atoms with Crippen LogP contribution in [0, 0.1) is 23.4 Å². The number of aliphatic hydroxyl groups excluding tert-OH is 1. The number of aromatic nitrogens is 2. The number of nitrogens with zero attached hydrogens (tertiary/aromatic N) is 3. The van der Waals surface area contributed by atoms with E-state index < -0.39 is 40.4 Å². The Morgan fingerprint density at radius 2 is 1.81 bits per heavy atom. The molecule has 1 saturated heterocycles. The minimum atomic E-state index is -1.33. The average Bonchev–Trinajstić information content (AvgIpc) is 3.60. The lowest BCUT2D eigenvalue weighted by molar-refractivity contribution is 0.0784. The van der Waals surface area contributed by atoms with Crippen LogP contribution in [0.15, 0.2) is 42.7 Å². The minimum Gasteiger partial charge on any atom is -0.391 e. The molecule has 1 aliphatic heterocycles. The first kappa shape index (κ1) is 24.7.